The molecule has 0 spiro atoms. The minimum atomic E-state index is -0.0238. The first-order chi connectivity index (χ1) is 10.2. The number of benzene rings is 1. The van der Waals surface area contributed by atoms with Gasteiger partial charge in [0.05, 0.1) is 6.42 Å². The summed E-state index contributed by atoms with van der Waals surface area (Å²) in [6, 6.07) is 7.35. The van der Waals surface area contributed by atoms with E-state index in [9.17, 15) is 9.59 Å². The normalized spacial score (nSPS) is 10.2. The van der Waals surface area contributed by atoms with Crippen molar-refractivity contribution in [1.29, 1.82) is 0 Å². The van der Waals surface area contributed by atoms with Crippen LogP contribution in [-0.4, -0.2) is 25.4 Å². The van der Waals surface area contributed by atoms with Gasteiger partial charge in [0.25, 0.3) is 0 Å². The topological polar surface area (TPSA) is 84.2 Å². The fraction of sp³-hybridized carbons (Fsp3) is 0.500. The van der Waals surface area contributed by atoms with Gasteiger partial charge in [0.15, 0.2) is 0 Å². The maximum atomic E-state index is 11.8. The van der Waals surface area contributed by atoms with Gasteiger partial charge in [-0.05, 0) is 37.1 Å². The number of rotatable bonds is 9. The molecule has 1 aromatic carbocycles. The van der Waals surface area contributed by atoms with E-state index in [2.05, 4.69) is 10.6 Å². The molecule has 0 aliphatic carbocycles. The van der Waals surface area contributed by atoms with Crippen molar-refractivity contribution in [3.05, 3.63) is 29.8 Å². The fourth-order valence-electron chi connectivity index (χ4n) is 1.99. The molecule has 0 aliphatic heterocycles. The van der Waals surface area contributed by atoms with Crippen molar-refractivity contribution in [2.75, 3.05) is 18.9 Å². The monoisotopic (exact) mass is 291 g/mol. The Hall–Kier alpha value is -1.88. The zero-order valence-corrected chi connectivity index (χ0v) is 12.7. The van der Waals surface area contributed by atoms with E-state index in [0.717, 1.165) is 36.9 Å². The summed E-state index contributed by atoms with van der Waals surface area (Å²) in [5, 5.41) is 5.44. The maximum Gasteiger partial charge on any atom is 0.224 e. The second-order valence-corrected chi connectivity index (χ2v) is 5.05. The fourth-order valence-corrected chi connectivity index (χ4v) is 1.99. The summed E-state index contributed by atoms with van der Waals surface area (Å²) in [5.41, 5.74) is 7.11. The Labute approximate surface area is 126 Å². The molecule has 5 nitrogen and oxygen atoms in total. The molecule has 0 saturated heterocycles. The van der Waals surface area contributed by atoms with Crippen LogP contribution in [0.5, 0.6) is 0 Å². The number of nitrogens with one attached hydrogen (secondary N) is 2. The number of amides is 2. The van der Waals surface area contributed by atoms with Crippen LogP contribution in [0, 0.1) is 0 Å². The van der Waals surface area contributed by atoms with Crippen LogP contribution in [0.4, 0.5) is 5.69 Å². The summed E-state index contributed by atoms with van der Waals surface area (Å²) in [4.78, 5) is 23.0. The first-order valence-electron chi connectivity index (χ1n) is 7.45. The standard InChI is InChI=1S/C16H25N3O2/c1-18-16(21)12-13-7-9-14(10-8-13)19-15(20)6-4-2-3-5-11-17/h7-10H,2-6,11-12,17H2,1H3,(H,18,21)(H,19,20). The molecule has 5 heteroatoms. The van der Waals surface area contributed by atoms with Crippen LogP contribution in [0.1, 0.15) is 37.7 Å². The first kappa shape index (κ1) is 17.2. The third kappa shape index (κ3) is 7.46. The molecule has 0 aliphatic rings. The van der Waals surface area contributed by atoms with E-state index in [1.807, 2.05) is 24.3 Å². The van der Waals surface area contributed by atoms with Gasteiger partial charge in [-0.15, -0.1) is 0 Å². The summed E-state index contributed by atoms with van der Waals surface area (Å²) in [6.45, 7) is 0.717. The van der Waals surface area contributed by atoms with E-state index >= 15 is 0 Å². The molecular formula is C16H25N3O2. The Kier molecular flexibility index (Phi) is 8.12. The van der Waals surface area contributed by atoms with Gasteiger partial charge < -0.3 is 16.4 Å². The van der Waals surface area contributed by atoms with E-state index < -0.39 is 0 Å². The Morgan fingerprint density at radius 3 is 2.29 bits per heavy atom. The largest absolute Gasteiger partial charge is 0.359 e. The van der Waals surface area contributed by atoms with Crippen molar-refractivity contribution in [3.8, 4) is 0 Å². The van der Waals surface area contributed by atoms with Crippen molar-refractivity contribution < 1.29 is 9.59 Å². The maximum absolute atomic E-state index is 11.8. The highest BCUT2D eigenvalue weighted by atomic mass is 16.2. The molecule has 0 saturated carbocycles. The molecule has 0 radical (unpaired) electrons. The Morgan fingerprint density at radius 1 is 1.00 bits per heavy atom. The lowest BCUT2D eigenvalue weighted by molar-refractivity contribution is -0.120. The number of nitrogens with two attached hydrogens (primary N) is 1. The molecule has 4 N–H and O–H groups in total. The van der Waals surface area contributed by atoms with E-state index in [-0.39, 0.29) is 11.8 Å². The van der Waals surface area contributed by atoms with Gasteiger partial charge in [-0.2, -0.15) is 0 Å². The molecule has 2 amide bonds. The number of hydrogen-bond donors (Lipinski definition) is 3. The highest BCUT2D eigenvalue weighted by Crippen LogP contribution is 2.11. The molecule has 0 atom stereocenters. The van der Waals surface area contributed by atoms with Gasteiger partial charge >= 0.3 is 0 Å². The van der Waals surface area contributed by atoms with E-state index in [4.69, 9.17) is 5.73 Å². The number of carbonyl (C=O) groups excluding carboxylic acids is 2. The van der Waals surface area contributed by atoms with Crippen LogP contribution < -0.4 is 16.4 Å². The average Bonchev–Trinajstić information content (AvgIpc) is 2.49. The third-order valence-electron chi connectivity index (χ3n) is 3.24. The van der Waals surface area contributed by atoms with Crippen molar-refractivity contribution in [1.82, 2.24) is 5.32 Å². The lowest BCUT2D eigenvalue weighted by Crippen LogP contribution is -2.19. The highest BCUT2D eigenvalue weighted by Gasteiger charge is 2.04. The summed E-state index contributed by atoms with van der Waals surface area (Å²) in [5.74, 6) is 0.00562. The van der Waals surface area contributed by atoms with Gasteiger partial charge in [0, 0.05) is 19.2 Å². The van der Waals surface area contributed by atoms with Crippen LogP contribution in [0.25, 0.3) is 0 Å². The van der Waals surface area contributed by atoms with Gasteiger partial charge in [-0.3, -0.25) is 9.59 Å². The Bertz CT molecular complexity index is 443. The predicted octanol–water partition coefficient (Wildman–Crippen LogP) is 1.82. The van der Waals surface area contributed by atoms with Crippen LogP contribution in [-0.2, 0) is 16.0 Å². The van der Waals surface area contributed by atoms with Crippen LogP contribution in [0.3, 0.4) is 0 Å². The minimum Gasteiger partial charge on any atom is -0.359 e. The highest BCUT2D eigenvalue weighted by molar-refractivity contribution is 5.90. The lowest BCUT2D eigenvalue weighted by atomic mass is 10.1. The van der Waals surface area contributed by atoms with Crippen molar-refractivity contribution in [2.24, 2.45) is 5.73 Å². The average molecular weight is 291 g/mol. The van der Waals surface area contributed by atoms with Gasteiger partial charge in [-0.25, -0.2) is 0 Å². The van der Waals surface area contributed by atoms with E-state index in [1.165, 1.54) is 0 Å². The summed E-state index contributed by atoms with van der Waals surface area (Å²) < 4.78 is 0. The smallest absolute Gasteiger partial charge is 0.224 e. The molecule has 116 valence electrons. The third-order valence-corrected chi connectivity index (χ3v) is 3.24. The van der Waals surface area contributed by atoms with Crippen LogP contribution >= 0.6 is 0 Å². The van der Waals surface area contributed by atoms with Crippen LogP contribution in [0.15, 0.2) is 24.3 Å². The summed E-state index contributed by atoms with van der Waals surface area (Å²) in [6.07, 6.45) is 4.92. The van der Waals surface area contributed by atoms with Crippen molar-refractivity contribution >= 4 is 17.5 Å². The summed E-state index contributed by atoms with van der Waals surface area (Å²) >= 11 is 0. The minimum absolute atomic E-state index is 0.0238. The molecule has 1 aromatic rings. The predicted molar refractivity (Wildman–Crippen MR) is 85.0 cm³/mol. The molecule has 21 heavy (non-hydrogen) atoms. The summed E-state index contributed by atoms with van der Waals surface area (Å²) in [7, 11) is 1.62. The van der Waals surface area contributed by atoms with Gasteiger partial charge in [0.2, 0.25) is 11.8 Å². The molecule has 0 bridgehead atoms. The number of carbonyl (C=O) groups is 2. The molecule has 0 aromatic heterocycles. The number of hydrogen-bond acceptors (Lipinski definition) is 3. The Morgan fingerprint density at radius 2 is 1.67 bits per heavy atom. The first-order valence-corrected chi connectivity index (χ1v) is 7.45. The van der Waals surface area contributed by atoms with E-state index in [1.54, 1.807) is 7.05 Å². The van der Waals surface area contributed by atoms with Crippen molar-refractivity contribution in [3.63, 3.8) is 0 Å². The molecule has 0 fully saturated rings. The lowest BCUT2D eigenvalue weighted by Gasteiger charge is -2.06. The molecule has 1 rings (SSSR count). The molecule has 0 heterocycles. The van der Waals surface area contributed by atoms with Crippen LogP contribution in [0.2, 0.25) is 0 Å². The SMILES string of the molecule is CNC(=O)Cc1ccc(NC(=O)CCCCCCN)cc1. The van der Waals surface area contributed by atoms with Gasteiger partial charge in [-0.1, -0.05) is 25.0 Å². The zero-order valence-electron chi connectivity index (χ0n) is 12.7. The Balaban J connectivity index is 2.31. The second-order valence-electron chi connectivity index (χ2n) is 5.05. The number of anilines is 1. The quantitative estimate of drug-likeness (QED) is 0.607. The molecular weight excluding hydrogens is 266 g/mol. The number of likely N-dealkylation sites (N-methyl/N-ethyl adjacent to an activating group) is 1. The second kappa shape index (κ2) is 9.94. The van der Waals surface area contributed by atoms with Crippen molar-refractivity contribution in [2.45, 2.75) is 38.5 Å². The number of unbranched alkanes of at least 4 members (excludes halogenated alkanes) is 3. The van der Waals surface area contributed by atoms with E-state index in [0.29, 0.717) is 19.4 Å². The molecule has 0 unspecified atom stereocenters. The van der Waals surface area contributed by atoms with Gasteiger partial charge in [0.1, 0.15) is 0 Å². The zero-order chi connectivity index (χ0) is 15.5.